The van der Waals surface area contributed by atoms with E-state index in [0.717, 1.165) is 0 Å². The second-order valence-electron chi connectivity index (χ2n) is 5.33. The van der Waals surface area contributed by atoms with Crippen LogP contribution < -0.4 is 0 Å². The summed E-state index contributed by atoms with van der Waals surface area (Å²) in [6, 6.07) is 4.32. The van der Waals surface area contributed by atoms with Crippen molar-refractivity contribution in [2.75, 3.05) is 13.2 Å². The van der Waals surface area contributed by atoms with Gasteiger partial charge in [-0.15, -0.1) is 0 Å². The summed E-state index contributed by atoms with van der Waals surface area (Å²) in [5.41, 5.74) is 5.19. The van der Waals surface area contributed by atoms with Gasteiger partial charge in [0.15, 0.2) is 0 Å². The first-order valence-electron chi connectivity index (χ1n) is 6.11. The zero-order valence-electron chi connectivity index (χ0n) is 11.1. The third-order valence-corrected chi connectivity index (χ3v) is 3.97. The molecular weight excluding hydrogens is 212 g/mol. The third kappa shape index (κ3) is 2.02. The summed E-state index contributed by atoms with van der Waals surface area (Å²) >= 11 is 0. The van der Waals surface area contributed by atoms with Crippen LogP contribution in [0.3, 0.4) is 0 Å². The molecule has 2 heteroatoms. The van der Waals surface area contributed by atoms with E-state index in [-0.39, 0.29) is 11.2 Å². The van der Waals surface area contributed by atoms with Crippen LogP contribution in [0.25, 0.3) is 0 Å². The number of aryl methyl sites for hydroxylation is 1. The molecule has 0 aliphatic carbocycles. The third-order valence-electron chi connectivity index (χ3n) is 3.97. The molecule has 0 atom stereocenters. The molecule has 1 heterocycles. The lowest BCUT2D eigenvalue weighted by Gasteiger charge is -2.42. The molecule has 0 radical (unpaired) electrons. The molecule has 1 aromatic carbocycles. The van der Waals surface area contributed by atoms with Crippen LogP contribution in [0.4, 0.5) is 0 Å². The number of benzene rings is 1. The van der Waals surface area contributed by atoms with Crippen molar-refractivity contribution in [2.24, 2.45) is 0 Å². The van der Waals surface area contributed by atoms with Crippen LogP contribution in [0.1, 0.15) is 35.6 Å². The van der Waals surface area contributed by atoms with Crippen LogP contribution in [-0.2, 0) is 14.9 Å². The fourth-order valence-corrected chi connectivity index (χ4v) is 2.71. The van der Waals surface area contributed by atoms with E-state index < -0.39 is 0 Å². The maximum Gasteiger partial charge on any atom is 0.130 e. The van der Waals surface area contributed by atoms with E-state index in [9.17, 15) is 4.79 Å². The summed E-state index contributed by atoms with van der Waals surface area (Å²) in [6.45, 7) is 9.44. The Kier molecular flexibility index (Phi) is 3.09. The highest BCUT2D eigenvalue weighted by atomic mass is 16.5. The molecule has 0 amide bonds. The Labute approximate surface area is 103 Å². The Hall–Kier alpha value is -1.15. The molecule has 1 aliphatic rings. The van der Waals surface area contributed by atoms with Gasteiger partial charge in [-0.05, 0) is 49.9 Å². The number of Topliss-reactive ketones (excluding diaryl/α,β-unsaturated/α-hetero) is 1. The number of ether oxygens (including phenoxy) is 1. The molecule has 0 aromatic heterocycles. The van der Waals surface area contributed by atoms with Gasteiger partial charge < -0.3 is 4.74 Å². The minimum atomic E-state index is -0.0611. The van der Waals surface area contributed by atoms with Crippen LogP contribution in [0.15, 0.2) is 12.1 Å². The first-order valence-corrected chi connectivity index (χ1v) is 6.11. The van der Waals surface area contributed by atoms with Gasteiger partial charge in [-0.1, -0.05) is 12.1 Å². The van der Waals surface area contributed by atoms with E-state index in [4.69, 9.17) is 4.74 Å². The van der Waals surface area contributed by atoms with E-state index in [1.165, 1.54) is 22.3 Å². The van der Waals surface area contributed by atoms with Gasteiger partial charge in [0.1, 0.15) is 5.78 Å². The van der Waals surface area contributed by atoms with Crippen molar-refractivity contribution in [1.82, 2.24) is 0 Å². The molecule has 1 saturated heterocycles. The quantitative estimate of drug-likeness (QED) is 0.801. The maximum absolute atomic E-state index is 11.4. The van der Waals surface area contributed by atoms with E-state index in [1.807, 2.05) is 0 Å². The van der Waals surface area contributed by atoms with Gasteiger partial charge in [0.25, 0.3) is 0 Å². The molecule has 1 fully saturated rings. The fourth-order valence-electron chi connectivity index (χ4n) is 2.71. The Morgan fingerprint density at radius 3 is 2.35 bits per heavy atom. The minimum absolute atomic E-state index is 0.0611. The number of carbonyl (C=O) groups is 1. The summed E-state index contributed by atoms with van der Waals surface area (Å²) in [5, 5.41) is 0. The molecule has 1 aliphatic heterocycles. The first-order chi connectivity index (χ1) is 7.96. The van der Waals surface area contributed by atoms with Crippen LogP contribution in [-0.4, -0.2) is 19.0 Å². The summed E-state index contributed by atoms with van der Waals surface area (Å²) in [7, 11) is 0. The molecule has 2 rings (SSSR count). The van der Waals surface area contributed by atoms with E-state index in [1.54, 1.807) is 6.92 Å². The lowest BCUT2D eigenvalue weighted by molar-refractivity contribution is -0.125. The summed E-state index contributed by atoms with van der Waals surface area (Å²) in [4.78, 5) is 11.4. The number of hydrogen-bond donors (Lipinski definition) is 0. The first kappa shape index (κ1) is 12.3. The van der Waals surface area contributed by atoms with Crippen molar-refractivity contribution >= 4 is 5.78 Å². The standard InChI is InChI=1S/C15H20O2/c1-10-5-6-14(13(4)12(10)3)15(7-11(2)16)8-17-9-15/h5-6H,7-9H2,1-4H3. The average Bonchev–Trinajstić information content (AvgIpc) is 2.21. The molecule has 0 spiro atoms. The zero-order chi connectivity index (χ0) is 12.6. The summed E-state index contributed by atoms with van der Waals surface area (Å²) in [5.74, 6) is 0.242. The van der Waals surface area contributed by atoms with Crippen LogP contribution in [0.2, 0.25) is 0 Å². The fraction of sp³-hybridized carbons (Fsp3) is 0.533. The van der Waals surface area contributed by atoms with Crippen molar-refractivity contribution in [2.45, 2.75) is 39.5 Å². The van der Waals surface area contributed by atoms with Gasteiger partial charge in [-0.25, -0.2) is 0 Å². The topological polar surface area (TPSA) is 26.3 Å². The van der Waals surface area contributed by atoms with E-state index in [2.05, 4.69) is 32.9 Å². The monoisotopic (exact) mass is 232 g/mol. The predicted molar refractivity (Wildman–Crippen MR) is 68.4 cm³/mol. The Morgan fingerprint density at radius 1 is 1.24 bits per heavy atom. The van der Waals surface area contributed by atoms with Gasteiger partial charge in [0, 0.05) is 11.8 Å². The number of rotatable bonds is 3. The Balaban J connectivity index is 2.45. The van der Waals surface area contributed by atoms with Crippen molar-refractivity contribution < 1.29 is 9.53 Å². The normalized spacial score (nSPS) is 17.6. The Bertz CT molecular complexity index is 456. The SMILES string of the molecule is CC(=O)CC1(c2ccc(C)c(C)c2C)COC1. The minimum Gasteiger partial charge on any atom is -0.379 e. The average molecular weight is 232 g/mol. The molecular formula is C15H20O2. The molecule has 92 valence electrons. The van der Waals surface area contributed by atoms with E-state index in [0.29, 0.717) is 19.6 Å². The van der Waals surface area contributed by atoms with E-state index >= 15 is 0 Å². The lowest BCUT2D eigenvalue weighted by atomic mass is 9.72. The van der Waals surface area contributed by atoms with Crippen LogP contribution >= 0.6 is 0 Å². The predicted octanol–water partition coefficient (Wildman–Crippen LogP) is 2.86. The smallest absolute Gasteiger partial charge is 0.130 e. The lowest BCUT2D eigenvalue weighted by Crippen LogP contribution is -2.48. The molecule has 0 unspecified atom stereocenters. The van der Waals surface area contributed by atoms with Crippen LogP contribution in [0, 0.1) is 20.8 Å². The van der Waals surface area contributed by atoms with Gasteiger partial charge in [-0.2, -0.15) is 0 Å². The number of hydrogen-bond acceptors (Lipinski definition) is 2. The molecule has 0 bridgehead atoms. The highest BCUT2D eigenvalue weighted by molar-refractivity contribution is 5.77. The zero-order valence-corrected chi connectivity index (χ0v) is 11.1. The number of ketones is 1. The summed E-state index contributed by atoms with van der Waals surface area (Å²) < 4.78 is 5.37. The van der Waals surface area contributed by atoms with Gasteiger partial charge in [0.05, 0.1) is 13.2 Å². The Morgan fingerprint density at radius 2 is 1.88 bits per heavy atom. The second kappa shape index (κ2) is 4.26. The van der Waals surface area contributed by atoms with Crippen LogP contribution in [0.5, 0.6) is 0 Å². The maximum atomic E-state index is 11.4. The summed E-state index contributed by atoms with van der Waals surface area (Å²) in [6.07, 6.45) is 0.594. The molecule has 0 N–H and O–H groups in total. The van der Waals surface area contributed by atoms with Gasteiger partial charge in [0.2, 0.25) is 0 Å². The highest BCUT2D eigenvalue weighted by Crippen LogP contribution is 2.39. The van der Waals surface area contributed by atoms with Gasteiger partial charge >= 0.3 is 0 Å². The molecule has 0 saturated carbocycles. The van der Waals surface area contributed by atoms with Crippen molar-refractivity contribution in [3.8, 4) is 0 Å². The van der Waals surface area contributed by atoms with Crippen molar-refractivity contribution in [3.63, 3.8) is 0 Å². The van der Waals surface area contributed by atoms with Crippen molar-refractivity contribution in [3.05, 3.63) is 34.4 Å². The highest BCUT2D eigenvalue weighted by Gasteiger charge is 2.42. The molecule has 2 nitrogen and oxygen atoms in total. The molecule has 17 heavy (non-hydrogen) atoms. The van der Waals surface area contributed by atoms with Gasteiger partial charge in [-0.3, -0.25) is 4.79 Å². The largest absolute Gasteiger partial charge is 0.379 e. The number of carbonyl (C=O) groups excluding carboxylic acids is 1. The molecule has 1 aromatic rings. The second-order valence-corrected chi connectivity index (χ2v) is 5.33. The van der Waals surface area contributed by atoms with Crippen molar-refractivity contribution in [1.29, 1.82) is 0 Å².